The summed E-state index contributed by atoms with van der Waals surface area (Å²) in [7, 11) is 0. The topological polar surface area (TPSA) is 74.4 Å². The second-order valence-corrected chi connectivity index (χ2v) is 10.7. The Kier molecular flexibility index (Phi) is 11.2. The first-order valence-corrected chi connectivity index (χ1v) is 14.4. The summed E-state index contributed by atoms with van der Waals surface area (Å²) in [6.07, 6.45) is 8.77. The number of morpholine rings is 1. The van der Waals surface area contributed by atoms with Gasteiger partial charge in [0.2, 0.25) is 5.91 Å². The molecule has 0 atom stereocenters. The Labute approximate surface area is 222 Å². The Bertz CT molecular complexity index is 867. The van der Waals surface area contributed by atoms with Crippen LogP contribution in [0.1, 0.15) is 74.2 Å². The van der Waals surface area contributed by atoms with Crippen molar-refractivity contribution in [2.45, 2.75) is 70.9 Å². The van der Waals surface area contributed by atoms with Crippen molar-refractivity contribution in [3.63, 3.8) is 0 Å². The van der Waals surface area contributed by atoms with Crippen LogP contribution in [0, 0.1) is 0 Å². The molecule has 3 aliphatic rings. The van der Waals surface area contributed by atoms with E-state index in [2.05, 4.69) is 15.1 Å². The SMILES string of the molecule is CC(=O)N1CCCCCCCN(C2CCOCC2)Cc2cc(C(=O)NCCCN3CCOCC3)ccc21. The highest BCUT2D eigenvalue weighted by Gasteiger charge is 2.25. The molecule has 0 aromatic heterocycles. The first kappa shape index (κ1) is 28.0. The van der Waals surface area contributed by atoms with Gasteiger partial charge in [0.1, 0.15) is 0 Å². The van der Waals surface area contributed by atoms with E-state index >= 15 is 0 Å². The molecule has 0 spiro atoms. The first-order valence-electron chi connectivity index (χ1n) is 14.4. The molecule has 8 heteroatoms. The van der Waals surface area contributed by atoms with Crippen LogP contribution in [0.2, 0.25) is 0 Å². The molecule has 0 saturated carbocycles. The van der Waals surface area contributed by atoms with Gasteiger partial charge in [0.05, 0.1) is 13.2 Å². The number of carbonyl (C=O) groups excluding carboxylic acids is 2. The van der Waals surface area contributed by atoms with Gasteiger partial charge in [0.25, 0.3) is 5.91 Å². The van der Waals surface area contributed by atoms with Crippen molar-refractivity contribution >= 4 is 17.5 Å². The van der Waals surface area contributed by atoms with Gasteiger partial charge in [0.15, 0.2) is 0 Å². The molecule has 2 saturated heterocycles. The van der Waals surface area contributed by atoms with Crippen LogP contribution in [0.3, 0.4) is 0 Å². The van der Waals surface area contributed by atoms with Gasteiger partial charge in [-0.05, 0) is 69.0 Å². The third kappa shape index (κ3) is 8.50. The van der Waals surface area contributed by atoms with Crippen LogP contribution in [-0.4, -0.2) is 93.4 Å². The zero-order chi connectivity index (χ0) is 25.9. The minimum absolute atomic E-state index is 0.0390. The Balaban J connectivity index is 1.49. The highest BCUT2D eigenvalue weighted by molar-refractivity contribution is 5.97. The quantitative estimate of drug-likeness (QED) is 0.587. The number of ether oxygens (including phenoxy) is 2. The lowest BCUT2D eigenvalue weighted by Crippen LogP contribution is -2.40. The molecule has 0 aliphatic carbocycles. The van der Waals surface area contributed by atoms with Crippen LogP contribution in [0.5, 0.6) is 0 Å². The minimum Gasteiger partial charge on any atom is -0.381 e. The second-order valence-electron chi connectivity index (χ2n) is 10.7. The zero-order valence-corrected chi connectivity index (χ0v) is 22.7. The average molecular weight is 515 g/mol. The van der Waals surface area contributed by atoms with Crippen LogP contribution in [0.25, 0.3) is 0 Å². The van der Waals surface area contributed by atoms with E-state index in [9.17, 15) is 9.59 Å². The Morgan fingerprint density at radius 3 is 2.38 bits per heavy atom. The molecular weight excluding hydrogens is 468 g/mol. The smallest absolute Gasteiger partial charge is 0.251 e. The molecule has 0 bridgehead atoms. The van der Waals surface area contributed by atoms with Crippen LogP contribution < -0.4 is 10.2 Å². The number of rotatable bonds is 6. The normalized spacial score (nSPS) is 21.5. The lowest BCUT2D eigenvalue weighted by atomic mass is 10.0. The molecule has 37 heavy (non-hydrogen) atoms. The molecular formula is C29H46N4O4. The van der Waals surface area contributed by atoms with E-state index in [1.165, 1.54) is 19.3 Å². The molecule has 2 fully saturated rings. The molecule has 0 unspecified atom stereocenters. The van der Waals surface area contributed by atoms with Gasteiger partial charge >= 0.3 is 0 Å². The summed E-state index contributed by atoms with van der Waals surface area (Å²) >= 11 is 0. The fourth-order valence-electron chi connectivity index (χ4n) is 5.77. The first-order chi connectivity index (χ1) is 18.1. The summed E-state index contributed by atoms with van der Waals surface area (Å²) in [6, 6.07) is 6.39. The van der Waals surface area contributed by atoms with Gasteiger partial charge in [-0.15, -0.1) is 0 Å². The fraction of sp³-hybridized carbons (Fsp3) is 0.724. The van der Waals surface area contributed by atoms with Crippen molar-refractivity contribution in [1.82, 2.24) is 15.1 Å². The molecule has 3 aliphatic heterocycles. The standard InChI is InChI=1S/C29H46N4O4/c1-24(34)33-15-6-4-2-3-5-14-32(27-10-18-36-19-11-27)23-26-22-25(8-9-28(26)33)29(35)30-12-7-13-31-16-20-37-21-17-31/h8-9,22,27H,2-7,10-21,23H2,1H3,(H,30,35). The summed E-state index contributed by atoms with van der Waals surface area (Å²) in [5, 5.41) is 3.11. The van der Waals surface area contributed by atoms with E-state index in [0.29, 0.717) is 18.2 Å². The molecule has 1 N–H and O–H groups in total. The predicted molar refractivity (Wildman–Crippen MR) is 146 cm³/mol. The molecule has 8 nitrogen and oxygen atoms in total. The number of hydrogen-bond donors (Lipinski definition) is 1. The third-order valence-electron chi connectivity index (χ3n) is 7.96. The van der Waals surface area contributed by atoms with Crippen molar-refractivity contribution in [2.75, 3.05) is 70.6 Å². The number of carbonyl (C=O) groups is 2. The van der Waals surface area contributed by atoms with Crippen molar-refractivity contribution in [3.05, 3.63) is 29.3 Å². The maximum atomic E-state index is 13.1. The molecule has 1 aromatic rings. The van der Waals surface area contributed by atoms with E-state index < -0.39 is 0 Å². The van der Waals surface area contributed by atoms with Crippen molar-refractivity contribution in [2.24, 2.45) is 0 Å². The molecule has 0 radical (unpaired) electrons. The number of nitrogens with zero attached hydrogens (tertiary/aromatic N) is 3. The Morgan fingerprint density at radius 2 is 1.62 bits per heavy atom. The fourth-order valence-corrected chi connectivity index (χ4v) is 5.77. The molecule has 3 heterocycles. The monoisotopic (exact) mass is 514 g/mol. The van der Waals surface area contributed by atoms with Gasteiger partial charge in [0, 0.05) is 70.2 Å². The van der Waals surface area contributed by atoms with Gasteiger partial charge in [-0.1, -0.05) is 19.3 Å². The highest BCUT2D eigenvalue weighted by atomic mass is 16.5. The number of benzene rings is 1. The summed E-state index contributed by atoms with van der Waals surface area (Å²) < 4.78 is 11.1. The van der Waals surface area contributed by atoms with Gasteiger partial charge in [-0.3, -0.25) is 19.4 Å². The van der Waals surface area contributed by atoms with Crippen LogP contribution in [0.15, 0.2) is 18.2 Å². The van der Waals surface area contributed by atoms with E-state index in [1.807, 2.05) is 23.1 Å². The lowest BCUT2D eigenvalue weighted by molar-refractivity contribution is -0.116. The largest absolute Gasteiger partial charge is 0.381 e. The lowest BCUT2D eigenvalue weighted by Gasteiger charge is -2.36. The van der Waals surface area contributed by atoms with Crippen molar-refractivity contribution < 1.29 is 19.1 Å². The average Bonchev–Trinajstić information content (AvgIpc) is 2.92. The van der Waals surface area contributed by atoms with Gasteiger partial charge < -0.3 is 19.7 Å². The van der Waals surface area contributed by atoms with Crippen LogP contribution in [0.4, 0.5) is 5.69 Å². The van der Waals surface area contributed by atoms with E-state index in [-0.39, 0.29) is 11.8 Å². The van der Waals surface area contributed by atoms with Crippen LogP contribution in [-0.2, 0) is 20.8 Å². The van der Waals surface area contributed by atoms with Crippen molar-refractivity contribution in [3.8, 4) is 0 Å². The van der Waals surface area contributed by atoms with Crippen molar-refractivity contribution in [1.29, 1.82) is 0 Å². The number of fused-ring (bicyclic) bond motifs is 1. The molecule has 4 rings (SSSR count). The Hall–Kier alpha value is -2.00. The number of anilines is 1. The molecule has 1 aromatic carbocycles. The summed E-state index contributed by atoms with van der Waals surface area (Å²) in [4.78, 5) is 32.7. The number of amides is 2. The van der Waals surface area contributed by atoms with E-state index in [0.717, 1.165) is 109 Å². The predicted octanol–water partition coefficient (Wildman–Crippen LogP) is 3.44. The van der Waals surface area contributed by atoms with Gasteiger partial charge in [-0.25, -0.2) is 0 Å². The molecule has 206 valence electrons. The number of hydrogen-bond acceptors (Lipinski definition) is 6. The zero-order valence-electron chi connectivity index (χ0n) is 22.7. The van der Waals surface area contributed by atoms with Crippen LogP contribution >= 0.6 is 0 Å². The second kappa shape index (κ2) is 14.8. The number of nitrogens with one attached hydrogen (secondary N) is 1. The van der Waals surface area contributed by atoms with E-state index in [4.69, 9.17) is 9.47 Å². The third-order valence-corrected chi connectivity index (χ3v) is 7.96. The molecule has 2 amide bonds. The minimum atomic E-state index is -0.0390. The van der Waals surface area contributed by atoms with Gasteiger partial charge in [-0.2, -0.15) is 0 Å². The maximum Gasteiger partial charge on any atom is 0.251 e. The highest BCUT2D eigenvalue weighted by Crippen LogP contribution is 2.28. The summed E-state index contributed by atoms with van der Waals surface area (Å²) in [6.45, 7) is 10.9. The summed E-state index contributed by atoms with van der Waals surface area (Å²) in [5.41, 5.74) is 2.70. The van der Waals surface area contributed by atoms with E-state index in [1.54, 1.807) is 6.92 Å². The summed E-state index contributed by atoms with van der Waals surface area (Å²) in [5.74, 6) is 0.0270. The Morgan fingerprint density at radius 1 is 0.919 bits per heavy atom. The maximum absolute atomic E-state index is 13.1.